The molecule has 1 aromatic rings. The van der Waals surface area contributed by atoms with E-state index in [4.69, 9.17) is 5.11 Å². The summed E-state index contributed by atoms with van der Waals surface area (Å²) in [6.45, 7) is 0.621. The fraction of sp³-hybridized carbons (Fsp3) is 0.545. The number of aliphatic hydroxyl groups excluding tert-OH is 1. The summed E-state index contributed by atoms with van der Waals surface area (Å²) in [5.74, 6) is -0.142. The van der Waals surface area contributed by atoms with Gasteiger partial charge in [-0.3, -0.25) is 9.36 Å². The molecule has 0 spiro atoms. The molecule has 1 saturated heterocycles. The minimum Gasteiger partial charge on any atom is -0.394 e. The van der Waals surface area contributed by atoms with Gasteiger partial charge in [0.2, 0.25) is 5.91 Å². The van der Waals surface area contributed by atoms with Crippen molar-refractivity contribution in [3.63, 3.8) is 0 Å². The fourth-order valence-corrected chi connectivity index (χ4v) is 2.10. The number of likely N-dealkylation sites (tertiary alicyclic amines) is 1. The molecule has 1 atom stereocenters. The smallest absolute Gasteiger partial charge is 0.347 e. The number of carbonyl (C=O) groups excluding carboxylic acids is 1. The molecule has 0 aromatic carbocycles. The molecule has 0 bridgehead atoms. The van der Waals surface area contributed by atoms with Gasteiger partial charge in [0.1, 0.15) is 6.54 Å². The molecule has 6 nitrogen and oxygen atoms in total. The molecule has 0 radical (unpaired) electrons. The zero-order valence-electron chi connectivity index (χ0n) is 9.45. The van der Waals surface area contributed by atoms with Crippen molar-refractivity contribution in [3.8, 4) is 0 Å². The fourth-order valence-electron chi connectivity index (χ4n) is 2.10. The molecule has 2 heterocycles. The maximum atomic E-state index is 12.0. The molecular formula is C11H15N3O3. The number of amides is 1. The Morgan fingerprint density at radius 1 is 1.59 bits per heavy atom. The van der Waals surface area contributed by atoms with Crippen LogP contribution in [-0.4, -0.2) is 44.7 Å². The number of hydrogen-bond acceptors (Lipinski definition) is 4. The van der Waals surface area contributed by atoms with Gasteiger partial charge < -0.3 is 10.0 Å². The van der Waals surface area contributed by atoms with E-state index in [-0.39, 0.29) is 25.1 Å². The third kappa shape index (κ3) is 2.52. The summed E-state index contributed by atoms with van der Waals surface area (Å²) in [6.07, 6.45) is 4.66. The van der Waals surface area contributed by atoms with E-state index >= 15 is 0 Å². The summed E-state index contributed by atoms with van der Waals surface area (Å²) in [5, 5.41) is 9.13. The van der Waals surface area contributed by atoms with Crippen LogP contribution < -0.4 is 5.69 Å². The molecule has 17 heavy (non-hydrogen) atoms. The molecule has 1 aromatic heterocycles. The molecule has 92 valence electrons. The number of aliphatic hydroxyl groups is 1. The second kappa shape index (κ2) is 5.09. The molecule has 1 amide bonds. The zero-order valence-corrected chi connectivity index (χ0v) is 9.45. The zero-order chi connectivity index (χ0) is 12.3. The quantitative estimate of drug-likeness (QED) is 0.748. The average molecular weight is 237 g/mol. The lowest BCUT2D eigenvalue weighted by atomic mass is 10.2. The largest absolute Gasteiger partial charge is 0.394 e. The van der Waals surface area contributed by atoms with E-state index in [1.807, 2.05) is 0 Å². The third-order valence-electron chi connectivity index (χ3n) is 3.00. The highest BCUT2D eigenvalue weighted by Crippen LogP contribution is 2.16. The predicted octanol–water partition coefficient (Wildman–Crippen LogP) is -0.773. The Kier molecular flexibility index (Phi) is 3.53. The van der Waals surface area contributed by atoms with E-state index in [9.17, 15) is 9.59 Å². The van der Waals surface area contributed by atoms with Crippen molar-refractivity contribution in [1.29, 1.82) is 0 Å². The van der Waals surface area contributed by atoms with Crippen LogP contribution in [-0.2, 0) is 11.3 Å². The lowest BCUT2D eigenvalue weighted by Gasteiger charge is -2.23. The van der Waals surface area contributed by atoms with Crippen LogP contribution in [0.15, 0.2) is 23.3 Å². The summed E-state index contributed by atoms with van der Waals surface area (Å²) in [4.78, 5) is 28.5. The van der Waals surface area contributed by atoms with Gasteiger partial charge in [0, 0.05) is 18.9 Å². The molecule has 0 unspecified atom stereocenters. The van der Waals surface area contributed by atoms with E-state index in [2.05, 4.69) is 4.98 Å². The van der Waals surface area contributed by atoms with Crippen molar-refractivity contribution in [2.45, 2.75) is 25.4 Å². The molecule has 1 N–H and O–H groups in total. The monoisotopic (exact) mass is 237 g/mol. The van der Waals surface area contributed by atoms with Crippen molar-refractivity contribution < 1.29 is 9.90 Å². The van der Waals surface area contributed by atoms with E-state index in [0.717, 1.165) is 12.8 Å². The van der Waals surface area contributed by atoms with Gasteiger partial charge >= 0.3 is 5.69 Å². The van der Waals surface area contributed by atoms with Gasteiger partial charge in [0.25, 0.3) is 0 Å². The van der Waals surface area contributed by atoms with Crippen LogP contribution in [0.5, 0.6) is 0 Å². The van der Waals surface area contributed by atoms with Gasteiger partial charge in [-0.15, -0.1) is 0 Å². The third-order valence-corrected chi connectivity index (χ3v) is 3.00. The van der Waals surface area contributed by atoms with Gasteiger partial charge in [-0.05, 0) is 18.9 Å². The Morgan fingerprint density at radius 3 is 3.12 bits per heavy atom. The van der Waals surface area contributed by atoms with Crippen LogP contribution in [0.1, 0.15) is 12.8 Å². The topological polar surface area (TPSA) is 75.4 Å². The highest BCUT2D eigenvalue weighted by molar-refractivity contribution is 5.76. The van der Waals surface area contributed by atoms with Gasteiger partial charge in [0.05, 0.1) is 12.6 Å². The van der Waals surface area contributed by atoms with E-state index in [1.54, 1.807) is 11.0 Å². The average Bonchev–Trinajstić information content (AvgIpc) is 2.80. The normalized spacial score (nSPS) is 19.6. The predicted molar refractivity (Wildman–Crippen MR) is 60.3 cm³/mol. The van der Waals surface area contributed by atoms with E-state index < -0.39 is 5.69 Å². The van der Waals surface area contributed by atoms with E-state index in [0.29, 0.717) is 6.54 Å². The Labute approximate surface area is 98.5 Å². The number of carbonyl (C=O) groups is 1. The van der Waals surface area contributed by atoms with Crippen molar-refractivity contribution in [2.75, 3.05) is 13.2 Å². The standard InChI is InChI=1S/C11H15N3O3/c15-8-9-3-1-6-14(9)10(16)7-13-5-2-4-12-11(13)17/h2,4-5,9,15H,1,3,6-8H2/t9-/m1/s1. The van der Waals surface area contributed by atoms with Gasteiger partial charge in [-0.2, -0.15) is 0 Å². The second-order valence-electron chi connectivity index (χ2n) is 4.10. The van der Waals surface area contributed by atoms with Gasteiger partial charge in [0.15, 0.2) is 0 Å². The Morgan fingerprint density at radius 2 is 2.41 bits per heavy atom. The van der Waals surface area contributed by atoms with E-state index in [1.165, 1.54) is 17.0 Å². The Hall–Kier alpha value is -1.69. The lowest BCUT2D eigenvalue weighted by Crippen LogP contribution is -2.41. The number of aromatic nitrogens is 2. The van der Waals surface area contributed by atoms with Crippen molar-refractivity contribution in [3.05, 3.63) is 28.9 Å². The molecule has 1 aliphatic rings. The number of rotatable bonds is 3. The maximum absolute atomic E-state index is 12.0. The van der Waals surface area contributed by atoms with Crippen LogP contribution >= 0.6 is 0 Å². The van der Waals surface area contributed by atoms with Crippen molar-refractivity contribution in [1.82, 2.24) is 14.5 Å². The summed E-state index contributed by atoms with van der Waals surface area (Å²) >= 11 is 0. The summed E-state index contributed by atoms with van der Waals surface area (Å²) < 4.78 is 1.27. The number of nitrogens with zero attached hydrogens (tertiary/aromatic N) is 3. The highest BCUT2D eigenvalue weighted by atomic mass is 16.3. The van der Waals surface area contributed by atoms with Crippen molar-refractivity contribution >= 4 is 5.91 Å². The maximum Gasteiger partial charge on any atom is 0.347 e. The first-order chi connectivity index (χ1) is 8.22. The molecule has 0 aliphatic carbocycles. The first-order valence-corrected chi connectivity index (χ1v) is 5.64. The molecule has 6 heteroatoms. The minimum atomic E-state index is -0.430. The Bertz CT molecular complexity index is 457. The summed E-state index contributed by atoms with van der Waals surface area (Å²) in [6, 6.07) is 1.51. The van der Waals surface area contributed by atoms with Gasteiger partial charge in [-0.25, -0.2) is 9.78 Å². The van der Waals surface area contributed by atoms with Crippen LogP contribution in [0.25, 0.3) is 0 Å². The first-order valence-electron chi connectivity index (χ1n) is 5.64. The molecule has 2 rings (SSSR count). The second-order valence-corrected chi connectivity index (χ2v) is 4.10. The highest BCUT2D eigenvalue weighted by Gasteiger charge is 2.27. The van der Waals surface area contributed by atoms with Crippen LogP contribution in [0.3, 0.4) is 0 Å². The van der Waals surface area contributed by atoms with Crippen LogP contribution in [0.2, 0.25) is 0 Å². The SMILES string of the molecule is O=C(Cn1cccnc1=O)N1CCC[C@@H]1CO. The summed E-state index contributed by atoms with van der Waals surface area (Å²) in [7, 11) is 0. The summed E-state index contributed by atoms with van der Waals surface area (Å²) in [5.41, 5.74) is -0.430. The van der Waals surface area contributed by atoms with Gasteiger partial charge in [-0.1, -0.05) is 0 Å². The molecule has 1 aliphatic heterocycles. The Balaban J connectivity index is 2.07. The lowest BCUT2D eigenvalue weighted by molar-refractivity contribution is -0.133. The molecule has 1 fully saturated rings. The molecule has 0 saturated carbocycles. The first kappa shape index (κ1) is 11.8. The van der Waals surface area contributed by atoms with Crippen molar-refractivity contribution in [2.24, 2.45) is 0 Å². The van der Waals surface area contributed by atoms with Crippen LogP contribution in [0, 0.1) is 0 Å². The van der Waals surface area contributed by atoms with Crippen LogP contribution in [0.4, 0.5) is 0 Å². The number of hydrogen-bond donors (Lipinski definition) is 1. The molecular weight excluding hydrogens is 222 g/mol. The minimum absolute atomic E-state index is 0.0107.